The number of nitrogens with zero attached hydrogens (tertiary/aromatic N) is 1. The Morgan fingerprint density at radius 2 is 1.69 bits per heavy atom. The van der Waals surface area contributed by atoms with Crippen molar-refractivity contribution in [3.63, 3.8) is 0 Å². The molecule has 1 aliphatic rings. The molecule has 0 spiro atoms. The lowest BCUT2D eigenvalue weighted by Gasteiger charge is -2.56. The molecule has 0 aromatic heterocycles. The summed E-state index contributed by atoms with van der Waals surface area (Å²) in [6.45, 7) is 3.22. The lowest BCUT2D eigenvalue weighted by molar-refractivity contribution is -0.274. The summed E-state index contributed by atoms with van der Waals surface area (Å²) in [7, 11) is 1.94. The summed E-state index contributed by atoms with van der Waals surface area (Å²) in [5.41, 5.74) is -0.824. The van der Waals surface area contributed by atoms with Crippen LogP contribution in [0.15, 0.2) is 48.5 Å². The largest absolute Gasteiger partial charge is 0.573 e. The fourth-order valence-corrected chi connectivity index (χ4v) is 4.04. The molecule has 0 bridgehead atoms. The number of alkyl halides is 3. The summed E-state index contributed by atoms with van der Waals surface area (Å²) in [5.74, 6) is -0.328. The number of aliphatic hydroxyl groups is 1. The molecular formula is C19H19ClF3NO2. The number of benzene rings is 2. The highest BCUT2D eigenvalue weighted by Crippen LogP contribution is 2.50. The highest BCUT2D eigenvalue weighted by Gasteiger charge is 2.55. The van der Waals surface area contributed by atoms with Crippen molar-refractivity contribution in [1.82, 2.24) is 4.90 Å². The van der Waals surface area contributed by atoms with Gasteiger partial charge >= 0.3 is 6.36 Å². The van der Waals surface area contributed by atoms with Gasteiger partial charge in [-0.15, -0.1) is 13.2 Å². The number of likely N-dealkylation sites (tertiary alicyclic amines) is 1. The summed E-state index contributed by atoms with van der Waals surface area (Å²) in [4.78, 5) is 2.07. The van der Waals surface area contributed by atoms with E-state index in [1.165, 1.54) is 24.3 Å². The van der Waals surface area contributed by atoms with Gasteiger partial charge in [-0.25, -0.2) is 0 Å². The van der Waals surface area contributed by atoms with Gasteiger partial charge in [-0.05, 0) is 42.4 Å². The Morgan fingerprint density at radius 3 is 2.19 bits per heavy atom. The van der Waals surface area contributed by atoms with E-state index in [1.54, 1.807) is 24.3 Å². The maximum Gasteiger partial charge on any atom is 0.573 e. The zero-order valence-corrected chi connectivity index (χ0v) is 15.1. The van der Waals surface area contributed by atoms with E-state index in [2.05, 4.69) is 9.64 Å². The summed E-state index contributed by atoms with van der Waals surface area (Å²) in [6.07, 6.45) is -4.76. The molecule has 140 valence electrons. The molecule has 26 heavy (non-hydrogen) atoms. The first-order chi connectivity index (χ1) is 12.0. The molecule has 1 N–H and O–H groups in total. The van der Waals surface area contributed by atoms with Crippen LogP contribution in [0.2, 0.25) is 5.02 Å². The van der Waals surface area contributed by atoms with Crippen molar-refractivity contribution in [2.75, 3.05) is 20.1 Å². The molecule has 1 saturated heterocycles. The predicted octanol–water partition coefficient (Wildman–Crippen LogP) is 4.43. The third kappa shape index (κ3) is 3.41. The van der Waals surface area contributed by atoms with E-state index in [-0.39, 0.29) is 5.75 Å². The number of rotatable bonds is 4. The predicted molar refractivity (Wildman–Crippen MR) is 93.2 cm³/mol. The number of hydrogen-bond donors (Lipinski definition) is 1. The van der Waals surface area contributed by atoms with E-state index in [4.69, 9.17) is 11.6 Å². The first kappa shape index (κ1) is 19.0. The Labute approximate surface area is 155 Å². The average molecular weight is 386 g/mol. The highest BCUT2D eigenvalue weighted by atomic mass is 35.5. The molecule has 1 fully saturated rings. The van der Waals surface area contributed by atoms with Crippen molar-refractivity contribution in [2.24, 2.45) is 5.41 Å². The summed E-state index contributed by atoms with van der Waals surface area (Å²) < 4.78 is 41.1. The van der Waals surface area contributed by atoms with Gasteiger partial charge in [-0.3, -0.25) is 0 Å². The Kier molecular flexibility index (Phi) is 4.71. The molecule has 0 saturated carbocycles. The monoisotopic (exact) mass is 385 g/mol. The standard InChI is InChI=1S/C19H19ClF3NO2/c1-17(11-24(2)12-17)18(25,14-4-3-5-15(20)10-14)13-6-8-16(9-7-13)26-19(21,22)23/h3-10,25H,11-12H2,1-2H3/t18-/m1/s1. The molecule has 1 aliphatic heterocycles. The summed E-state index contributed by atoms with van der Waals surface area (Å²) in [5, 5.41) is 12.2. The highest BCUT2D eigenvalue weighted by molar-refractivity contribution is 6.30. The van der Waals surface area contributed by atoms with Crippen LogP contribution in [0.4, 0.5) is 13.2 Å². The van der Waals surface area contributed by atoms with Crippen molar-refractivity contribution in [3.05, 3.63) is 64.7 Å². The van der Waals surface area contributed by atoms with Gasteiger partial charge in [0.1, 0.15) is 11.4 Å². The number of hydrogen-bond acceptors (Lipinski definition) is 3. The zero-order chi connectivity index (χ0) is 19.2. The first-order valence-corrected chi connectivity index (χ1v) is 8.45. The molecule has 0 unspecified atom stereocenters. The molecule has 0 amide bonds. The topological polar surface area (TPSA) is 32.7 Å². The second-order valence-corrected chi connectivity index (χ2v) is 7.46. The Bertz CT molecular complexity index is 788. The minimum absolute atomic E-state index is 0.328. The molecule has 0 radical (unpaired) electrons. The van der Waals surface area contributed by atoms with Gasteiger partial charge in [0.2, 0.25) is 0 Å². The van der Waals surface area contributed by atoms with Crippen molar-refractivity contribution in [1.29, 1.82) is 0 Å². The van der Waals surface area contributed by atoms with Gasteiger partial charge in [0.25, 0.3) is 0 Å². The van der Waals surface area contributed by atoms with E-state index in [9.17, 15) is 18.3 Å². The number of halogens is 4. The normalized spacial score (nSPS) is 19.5. The van der Waals surface area contributed by atoms with Gasteiger partial charge < -0.3 is 14.7 Å². The Morgan fingerprint density at radius 1 is 1.08 bits per heavy atom. The SMILES string of the molecule is CN1CC(C)([C@@](O)(c2ccc(OC(F)(F)F)cc2)c2cccc(Cl)c2)C1. The van der Waals surface area contributed by atoms with E-state index in [0.717, 1.165) is 0 Å². The van der Waals surface area contributed by atoms with Crippen LogP contribution in [0.3, 0.4) is 0 Å². The number of ether oxygens (including phenoxy) is 1. The van der Waals surface area contributed by atoms with Crippen LogP contribution in [0.5, 0.6) is 5.75 Å². The quantitative estimate of drug-likeness (QED) is 0.845. The van der Waals surface area contributed by atoms with Crippen LogP contribution in [-0.4, -0.2) is 36.5 Å². The van der Waals surface area contributed by atoms with Crippen LogP contribution in [0, 0.1) is 5.41 Å². The lowest BCUT2D eigenvalue weighted by atomic mass is 9.62. The Balaban J connectivity index is 2.04. The van der Waals surface area contributed by atoms with Gasteiger partial charge in [0.15, 0.2) is 0 Å². The smallest absolute Gasteiger partial charge is 0.406 e. The zero-order valence-electron chi connectivity index (χ0n) is 14.3. The van der Waals surface area contributed by atoms with Crippen LogP contribution < -0.4 is 4.74 Å². The molecule has 2 aromatic rings. The van der Waals surface area contributed by atoms with E-state index >= 15 is 0 Å². The van der Waals surface area contributed by atoms with Gasteiger partial charge in [0, 0.05) is 23.5 Å². The fourth-order valence-electron chi connectivity index (χ4n) is 3.85. The van der Waals surface area contributed by atoms with Crippen molar-refractivity contribution >= 4 is 11.6 Å². The van der Waals surface area contributed by atoms with Gasteiger partial charge in [-0.1, -0.05) is 42.8 Å². The van der Waals surface area contributed by atoms with Crippen LogP contribution in [-0.2, 0) is 5.60 Å². The van der Waals surface area contributed by atoms with E-state index < -0.39 is 17.4 Å². The molecule has 1 atom stereocenters. The van der Waals surface area contributed by atoms with E-state index in [1.807, 2.05) is 14.0 Å². The molecule has 7 heteroatoms. The molecule has 2 aromatic carbocycles. The molecule has 3 nitrogen and oxygen atoms in total. The summed E-state index contributed by atoms with van der Waals surface area (Å²) >= 11 is 6.11. The molecular weight excluding hydrogens is 367 g/mol. The Hall–Kier alpha value is -1.76. The van der Waals surface area contributed by atoms with Crippen LogP contribution in [0.1, 0.15) is 18.1 Å². The van der Waals surface area contributed by atoms with Crippen molar-refractivity contribution in [3.8, 4) is 5.75 Å². The second kappa shape index (κ2) is 6.44. The minimum atomic E-state index is -4.76. The second-order valence-electron chi connectivity index (χ2n) is 7.03. The lowest BCUT2D eigenvalue weighted by Crippen LogP contribution is -2.63. The maximum atomic E-state index is 12.4. The molecule has 1 heterocycles. The third-order valence-electron chi connectivity index (χ3n) is 4.86. The van der Waals surface area contributed by atoms with Crippen LogP contribution >= 0.6 is 11.6 Å². The minimum Gasteiger partial charge on any atom is -0.406 e. The molecule has 0 aliphatic carbocycles. The first-order valence-electron chi connectivity index (χ1n) is 8.07. The third-order valence-corrected chi connectivity index (χ3v) is 5.09. The fraction of sp³-hybridized carbons (Fsp3) is 0.368. The van der Waals surface area contributed by atoms with Gasteiger partial charge in [-0.2, -0.15) is 0 Å². The van der Waals surface area contributed by atoms with Crippen molar-refractivity contribution < 1.29 is 23.0 Å². The average Bonchev–Trinajstić information content (AvgIpc) is 2.52. The van der Waals surface area contributed by atoms with E-state index in [0.29, 0.717) is 29.2 Å². The summed E-state index contributed by atoms with van der Waals surface area (Å²) in [6, 6.07) is 12.3. The molecule has 3 rings (SSSR count). The van der Waals surface area contributed by atoms with Gasteiger partial charge in [0.05, 0.1) is 0 Å². The van der Waals surface area contributed by atoms with Crippen molar-refractivity contribution in [2.45, 2.75) is 18.9 Å². The maximum absolute atomic E-state index is 12.4. The van der Waals surface area contributed by atoms with Crippen LogP contribution in [0.25, 0.3) is 0 Å².